The predicted molar refractivity (Wildman–Crippen MR) is 67.8 cm³/mol. The molecule has 1 N–H and O–H groups in total. The van der Waals surface area contributed by atoms with Gasteiger partial charge >= 0.3 is 0 Å². The Bertz CT molecular complexity index is 527. The summed E-state index contributed by atoms with van der Waals surface area (Å²) in [7, 11) is 0. The van der Waals surface area contributed by atoms with Crippen molar-refractivity contribution in [1.29, 1.82) is 0 Å². The highest BCUT2D eigenvalue weighted by Gasteiger charge is 2.25. The Morgan fingerprint density at radius 2 is 2.16 bits per heavy atom. The minimum absolute atomic E-state index is 0.120. The zero-order valence-electron chi connectivity index (χ0n) is 10.3. The number of nitrogens with one attached hydrogen (secondary N) is 1. The summed E-state index contributed by atoms with van der Waals surface area (Å²) in [6.07, 6.45) is 2.57. The van der Waals surface area contributed by atoms with Crippen molar-refractivity contribution < 1.29 is 14.5 Å². The van der Waals surface area contributed by atoms with Crippen LogP contribution in [0.5, 0.6) is 0 Å². The molecule has 2 rings (SSSR count). The van der Waals surface area contributed by atoms with E-state index in [4.69, 9.17) is 0 Å². The van der Waals surface area contributed by atoms with E-state index in [0.717, 1.165) is 12.8 Å². The lowest BCUT2D eigenvalue weighted by Crippen LogP contribution is -2.39. The van der Waals surface area contributed by atoms with Crippen LogP contribution in [0.25, 0.3) is 0 Å². The second kappa shape index (κ2) is 5.60. The first-order valence-corrected chi connectivity index (χ1v) is 6.16. The molecule has 0 saturated carbocycles. The van der Waals surface area contributed by atoms with E-state index in [2.05, 4.69) is 5.32 Å². The van der Waals surface area contributed by atoms with E-state index < -0.39 is 11.0 Å². The van der Waals surface area contributed by atoms with Crippen LogP contribution in [0.1, 0.15) is 36.0 Å². The molecule has 1 aromatic carbocycles. The van der Waals surface area contributed by atoms with Gasteiger partial charge in [0.05, 0.1) is 11.0 Å². The lowest BCUT2D eigenvalue weighted by molar-refractivity contribution is -0.384. The molecule has 1 aliphatic rings. The van der Waals surface area contributed by atoms with Gasteiger partial charge in [-0.2, -0.15) is 0 Å². The molecule has 6 nitrogen and oxygen atoms in total. The van der Waals surface area contributed by atoms with Gasteiger partial charge in [0.15, 0.2) is 5.78 Å². The van der Waals surface area contributed by atoms with Crippen LogP contribution in [-0.4, -0.2) is 22.7 Å². The number of nitrogens with zero attached hydrogens (tertiary/aromatic N) is 1. The summed E-state index contributed by atoms with van der Waals surface area (Å²) in [5.41, 5.74) is 0.146. The van der Waals surface area contributed by atoms with Crippen LogP contribution in [0, 0.1) is 10.1 Å². The van der Waals surface area contributed by atoms with E-state index in [-0.39, 0.29) is 22.9 Å². The number of carbonyl (C=O) groups is 2. The molecule has 1 aliphatic heterocycles. The van der Waals surface area contributed by atoms with E-state index in [0.29, 0.717) is 12.8 Å². The van der Waals surface area contributed by atoms with E-state index in [1.165, 1.54) is 24.3 Å². The topological polar surface area (TPSA) is 89.3 Å². The number of non-ortho nitro benzene ring substituents is 1. The summed E-state index contributed by atoms with van der Waals surface area (Å²) in [5, 5.41) is 13.4. The first-order valence-electron chi connectivity index (χ1n) is 6.16. The van der Waals surface area contributed by atoms with Crippen LogP contribution >= 0.6 is 0 Å². The fraction of sp³-hybridized carbons (Fsp3) is 0.385. The predicted octanol–water partition coefficient (Wildman–Crippen LogP) is 1.84. The van der Waals surface area contributed by atoms with E-state index in [1.54, 1.807) is 0 Å². The lowest BCUT2D eigenvalue weighted by Gasteiger charge is -2.14. The van der Waals surface area contributed by atoms with E-state index in [1.807, 2.05) is 0 Å². The first kappa shape index (κ1) is 13.2. The molecule has 0 radical (unpaired) electrons. The first-order chi connectivity index (χ1) is 9.08. The molecular formula is C13H14N2O4. The highest BCUT2D eigenvalue weighted by Crippen LogP contribution is 2.18. The maximum Gasteiger partial charge on any atom is 0.270 e. The van der Waals surface area contributed by atoms with E-state index in [9.17, 15) is 19.7 Å². The van der Waals surface area contributed by atoms with Crippen molar-refractivity contribution in [2.24, 2.45) is 0 Å². The number of hydrogen-bond acceptors (Lipinski definition) is 4. The van der Waals surface area contributed by atoms with Gasteiger partial charge in [-0.3, -0.25) is 19.7 Å². The highest BCUT2D eigenvalue weighted by molar-refractivity contribution is 6.02. The van der Waals surface area contributed by atoms with Crippen LogP contribution in [0.3, 0.4) is 0 Å². The van der Waals surface area contributed by atoms with Gasteiger partial charge in [-0.05, 0) is 12.8 Å². The number of ketones is 1. The highest BCUT2D eigenvalue weighted by atomic mass is 16.6. The number of Topliss-reactive ketones (excluding diaryl/α,β-unsaturated/α-hetero) is 1. The lowest BCUT2D eigenvalue weighted by atomic mass is 10.00. The van der Waals surface area contributed by atoms with Crippen molar-refractivity contribution in [3.8, 4) is 0 Å². The normalized spacial score (nSPS) is 19.4. The molecule has 1 heterocycles. The number of benzene rings is 1. The maximum atomic E-state index is 12.2. The van der Waals surface area contributed by atoms with Crippen LogP contribution in [-0.2, 0) is 4.79 Å². The number of amides is 1. The van der Waals surface area contributed by atoms with Crippen molar-refractivity contribution in [1.82, 2.24) is 5.32 Å². The molecule has 0 bridgehead atoms. The Labute approximate surface area is 110 Å². The van der Waals surface area contributed by atoms with Gasteiger partial charge in [-0.15, -0.1) is 0 Å². The summed E-state index contributed by atoms with van der Waals surface area (Å²) >= 11 is 0. The summed E-state index contributed by atoms with van der Waals surface area (Å²) in [6, 6.07) is 5.02. The molecule has 6 heteroatoms. The number of rotatable bonds is 3. The fourth-order valence-corrected chi connectivity index (χ4v) is 2.14. The minimum atomic E-state index is -0.572. The van der Waals surface area contributed by atoms with Gasteiger partial charge in [0, 0.05) is 24.1 Å². The van der Waals surface area contributed by atoms with Crippen molar-refractivity contribution in [3.05, 3.63) is 39.9 Å². The van der Waals surface area contributed by atoms with Gasteiger partial charge in [0.1, 0.15) is 0 Å². The van der Waals surface area contributed by atoms with Gasteiger partial charge in [0.2, 0.25) is 5.91 Å². The Kier molecular flexibility index (Phi) is 3.89. The molecule has 0 spiro atoms. The third-order valence-corrected chi connectivity index (χ3v) is 3.14. The molecular weight excluding hydrogens is 248 g/mol. The largest absolute Gasteiger partial charge is 0.346 e. The van der Waals surface area contributed by atoms with Gasteiger partial charge in [0.25, 0.3) is 5.69 Å². The molecule has 1 amide bonds. The van der Waals surface area contributed by atoms with Crippen LogP contribution in [0.2, 0.25) is 0 Å². The zero-order chi connectivity index (χ0) is 13.8. The van der Waals surface area contributed by atoms with Crippen LogP contribution < -0.4 is 5.32 Å². The Hall–Kier alpha value is -2.24. The monoisotopic (exact) mass is 262 g/mol. The summed E-state index contributed by atoms with van der Waals surface area (Å²) in [4.78, 5) is 33.8. The van der Waals surface area contributed by atoms with Crippen LogP contribution in [0.15, 0.2) is 24.3 Å². The smallest absolute Gasteiger partial charge is 0.270 e. The number of carbonyl (C=O) groups excluding carboxylic acids is 2. The average Bonchev–Trinajstić information content (AvgIpc) is 2.62. The molecule has 0 aliphatic carbocycles. The molecule has 100 valence electrons. The number of nitro benzene ring substituents is 1. The second-order valence-electron chi connectivity index (χ2n) is 4.54. The molecule has 1 fully saturated rings. The Balaban J connectivity index is 2.20. The Morgan fingerprint density at radius 3 is 2.89 bits per heavy atom. The third-order valence-electron chi connectivity index (χ3n) is 3.14. The standard InChI is InChI=1S/C13H14N2O4/c16-12-7-2-1-6-11(14-12)13(17)9-4-3-5-10(8-9)15(18)19/h3-5,8,11H,1-2,6-7H2,(H,14,16). The van der Waals surface area contributed by atoms with E-state index >= 15 is 0 Å². The summed E-state index contributed by atoms with van der Waals surface area (Å²) in [6.45, 7) is 0. The molecule has 19 heavy (non-hydrogen) atoms. The summed E-state index contributed by atoms with van der Waals surface area (Å²) < 4.78 is 0. The average molecular weight is 262 g/mol. The maximum absolute atomic E-state index is 12.2. The fourth-order valence-electron chi connectivity index (χ4n) is 2.14. The minimum Gasteiger partial charge on any atom is -0.346 e. The van der Waals surface area contributed by atoms with Crippen molar-refractivity contribution >= 4 is 17.4 Å². The zero-order valence-corrected chi connectivity index (χ0v) is 10.3. The van der Waals surface area contributed by atoms with Crippen molar-refractivity contribution in [3.63, 3.8) is 0 Å². The number of hydrogen-bond donors (Lipinski definition) is 1. The molecule has 0 aromatic heterocycles. The van der Waals surface area contributed by atoms with Gasteiger partial charge < -0.3 is 5.32 Å². The quantitative estimate of drug-likeness (QED) is 0.511. The van der Waals surface area contributed by atoms with Gasteiger partial charge in [-0.1, -0.05) is 18.6 Å². The summed E-state index contributed by atoms with van der Waals surface area (Å²) in [5.74, 6) is -0.403. The van der Waals surface area contributed by atoms with Gasteiger partial charge in [-0.25, -0.2) is 0 Å². The molecule has 1 unspecified atom stereocenters. The van der Waals surface area contributed by atoms with Crippen molar-refractivity contribution in [2.45, 2.75) is 31.7 Å². The SMILES string of the molecule is O=C1CCCCC(C(=O)c2cccc([N+](=O)[O-])c2)N1. The van der Waals surface area contributed by atoms with Crippen LogP contribution in [0.4, 0.5) is 5.69 Å². The second-order valence-corrected chi connectivity index (χ2v) is 4.54. The molecule has 1 aromatic rings. The molecule has 1 saturated heterocycles. The third kappa shape index (κ3) is 3.15. The number of nitro groups is 1. The molecule has 1 atom stereocenters. The Morgan fingerprint density at radius 1 is 1.37 bits per heavy atom. The van der Waals surface area contributed by atoms with Crippen molar-refractivity contribution in [2.75, 3.05) is 0 Å².